The average Bonchev–Trinajstić information content (AvgIpc) is 2.88. The highest BCUT2D eigenvalue weighted by Gasteiger charge is 2.15. The molecule has 0 saturated carbocycles. The quantitative estimate of drug-likeness (QED) is 0.734. The molecule has 1 heterocycles. The SMILES string of the molecule is COCCN(C(=O)NCCn1cnc(C(=O)O)c1)C(C)C. The van der Waals surface area contributed by atoms with E-state index in [-0.39, 0.29) is 17.8 Å². The first-order valence-corrected chi connectivity index (χ1v) is 6.74. The van der Waals surface area contributed by atoms with E-state index in [1.807, 2.05) is 13.8 Å². The Hall–Kier alpha value is -2.09. The van der Waals surface area contributed by atoms with Crippen molar-refractivity contribution in [1.82, 2.24) is 19.8 Å². The van der Waals surface area contributed by atoms with Crippen molar-refractivity contribution in [3.05, 3.63) is 18.2 Å². The van der Waals surface area contributed by atoms with Crippen molar-refractivity contribution in [2.24, 2.45) is 0 Å². The van der Waals surface area contributed by atoms with Gasteiger partial charge in [-0.15, -0.1) is 0 Å². The number of rotatable bonds is 8. The van der Waals surface area contributed by atoms with Crippen LogP contribution in [-0.4, -0.2) is 64.4 Å². The highest BCUT2D eigenvalue weighted by molar-refractivity contribution is 5.84. The molecule has 0 aliphatic heterocycles. The predicted octanol–water partition coefficient (Wildman–Crippen LogP) is 0.648. The number of ether oxygens (including phenoxy) is 1. The molecule has 0 radical (unpaired) electrons. The third-order valence-corrected chi connectivity index (χ3v) is 2.92. The standard InChI is InChI=1S/C13H22N4O4/c1-10(2)17(6-7-21-3)13(20)14-4-5-16-8-11(12(18)19)15-9-16/h8-10H,4-7H2,1-3H3,(H,14,20)(H,18,19). The lowest BCUT2D eigenvalue weighted by molar-refractivity contribution is 0.0691. The van der Waals surface area contributed by atoms with E-state index in [0.717, 1.165) is 0 Å². The summed E-state index contributed by atoms with van der Waals surface area (Å²) in [6.45, 7) is 5.73. The molecule has 2 N–H and O–H groups in total. The Labute approximate surface area is 123 Å². The van der Waals surface area contributed by atoms with E-state index in [2.05, 4.69) is 10.3 Å². The van der Waals surface area contributed by atoms with Gasteiger partial charge >= 0.3 is 12.0 Å². The Morgan fingerprint density at radius 2 is 2.24 bits per heavy atom. The van der Waals surface area contributed by atoms with Crippen LogP contribution in [0.25, 0.3) is 0 Å². The second-order valence-corrected chi connectivity index (χ2v) is 4.81. The topological polar surface area (TPSA) is 96.7 Å². The fraction of sp³-hybridized carbons (Fsp3) is 0.615. The number of methoxy groups -OCH3 is 1. The first-order chi connectivity index (χ1) is 9.95. The molecule has 0 bridgehead atoms. The Bertz CT molecular complexity index is 472. The number of carbonyl (C=O) groups is 2. The fourth-order valence-electron chi connectivity index (χ4n) is 1.77. The van der Waals surface area contributed by atoms with E-state index < -0.39 is 5.97 Å². The van der Waals surface area contributed by atoms with Crippen LogP contribution in [0.5, 0.6) is 0 Å². The highest BCUT2D eigenvalue weighted by atomic mass is 16.5. The van der Waals surface area contributed by atoms with Gasteiger partial charge in [0.05, 0.1) is 12.9 Å². The van der Waals surface area contributed by atoms with Gasteiger partial charge in [0.25, 0.3) is 0 Å². The van der Waals surface area contributed by atoms with E-state index in [1.165, 1.54) is 12.5 Å². The summed E-state index contributed by atoms with van der Waals surface area (Å²) in [6.07, 6.45) is 2.86. The molecular weight excluding hydrogens is 276 g/mol. The number of carboxylic acid groups (broad SMARTS) is 1. The van der Waals surface area contributed by atoms with Crippen molar-refractivity contribution in [2.75, 3.05) is 26.8 Å². The van der Waals surface area contributed by atoms with Crippen molar-refractivity contribution in [1.29, 1.82) is 0 Å². The van der Waals surface area contributed by atoms with Gasteiger partial charge in [-0.3, -0.25) is 0 Å². The summed E-state index contributed by atoms with van der Waals surface area (Å²) in [5.74, 6) is -1.07. The zero-order chi connectivity index (χ0) is 15.8. The van der Waals surface area contributed by atoms with E-state index >= 15 is 0 Å². The second-order valence-electron chi connectivity index (χ2n) is 4.81. The second kappa shape index (κ2) is 8.25. The van der Waals surface area contributed by atoms with Crippen LogP contribution >= 0.6 is 0 Å². The molecule has 0 aromatic carbocycles. The normalized spacial score (nSPS) is 10.7. The lowest BCUT2D eigenvalue weighted by atomic mass is 10.3. The number of aromatic carboxylic acids is 1. The number of urea groups is 1. The molecule has 0 spiro atoms. The van der Waals surface area contributed by atoms with E-state index in [4.69, 9.17) is 9.84 Å². The van der Waals surface area contributed by atoms with Crippen molar-refractivity contribution in [3.8, 4) is 0 Å². The van der Waals surface area contributed by atoms with Crippen LogP contribution in [-0.2, 0) is 11.3 Å². The van der Waals surface area contributed by atoms with Crippen LogP contribution in [0, 0.1) is 0 Å². The fourth-order valence-corrected chi connectivity index (χ4v) is 1.77. The number of nitrogens with zero attached hydrogens (tertiary/aromatic N) is 3. The summed E-state index contributed by atoms with van der Waals surface area (Å²) in [7, 11) is 1.59. The Morgan fingerprint density at radius 3 is 2.76 bits per heavy atom. The smallest absolute Gasteiger partial charge is 0.356 e. The maximum absolute atomic E-state index is 12.0. The van der Waals surface area contributed by atoms with Gasteiger partial charge in [0.15, 0.2) is 5.69 Å². The van der Waals surface area contributed by atoms with Crippen LogP contribution in [0.3, 0.4) is 0 Å². The molecule has 8 nitrogen and oxygen atoms in total. The summed E-state index contributed by atoms with van der Waals surface area (Å²) in [4.78, 5) is 28.2. The maximum atomic E-state index is 12.0. The van der Waals surface area contributed by atoms with Gasteiger partial charge < -0.3 is 24.6 Å². The minimum atomic E-state index is -1.07. The van der Waals surface area contributed by atoms with E-state index in [9.17, 15) is 9.59 Å². The number of imidazole rings is 1. The van der Waals surface area contributed by atoms with Crippen LogP contribution in [0.2, 0.25) is 0 Å². The summed E-state index contributed by atoms with van der Waals surface area (Å²) in [5.41, 5.74) is -0.00905. The summed E-state index contributed by atoms with van der Waals surface area (Å²) < 4.78 is 6.61. The first-order valence-electron chi connectivity index (χ1n) is 6.74. The highest BCUT2D eigenvalue weighted by Crippen LogP contribution is 1.99. The predicted molar refractivity (Wildman–Crippen MR) is 76.3 cm³/mol. The molecule has 118 valence electrons. The van der Waals surface area contributed by atoms with Crippen LogP contribution in [0.15, 0.2) is 12.5 Å². The summed E-state index contributed by atoms with van der Waals surface area (Å²) in [5, 5.41) is 11.6. The van der Waals surface area contributed by atoms with Crippen molar-refractivity contribution >= 4 is 12.0 Å². The van der Waals surface area contributed by atoms with Crippen molar-refractivity contribution < 1.29 is 19.4 Å². The Morgan fingerprint density at radius 1 is 1.52 bits per heavy atom. The Balaban J connectivity index is 2.41. The molecule has 1 aromatic rings. The zero-order valence-electron chi connectivity index (χ0n) is 12.6. The van der Waals surface area contributed by atoms with Crippen molar-refractivity contribution in [2.45, 2.75) is 26.4 Å². The minimum absolute atomic E-state index is 0.00905. The van der Waals surface area contributed by atoms with Gasteiger partial charge in [0.2, 0.25) is 0 Å². The van der Waals surface area contributed by atoms with Gasteiger partial charge in [0, 0.05) is 39.0 Å². The number of carbonyl (C=O) groups excluding carboxylic acids is 1. The molecule has 0 unspecified atom stereocenters. The number of carboxylic acids is 1. The molecule has 0 aliphatic rings. The monoisotopic (exact) mass is 298 g/mol. The van der Waals surface area contributed by atoms with Crippen LogP contribution in [0.4, 0.5) is 4.79 Å². The molecule has 0 aliphatic carbocycles. The van der Waals surface area contributed by atoms with Gasteiger partial charge in [-0.1, -0.05) is 0 Å². The molecule has 1 aromatic heterocycles. The third kappa shape index (κ3) is 5.42. The third-order valence-electron chi connectivity index (χ3n) is 2.92. The molecule has 1 rings (SSSR count). The number of hydrogen-bond donors (Lipinski definition) is 2. The maximum Gasteiger partial charge on any atom is 0.356 e. The van der Waals surface area contributed by atoms with Gasteiger partial charge in [0.1, 0.15) is 0 Å². The number of amides is 2. The number of hydrogen-bond acceptors (Lipinski definition) is 4. The van der Waals surface area contributed by atoms with Gasteiger partial charge in [-0.2, -0.15) is 0 Å². The summed E-state index contributed by atoms with van der Waals surface area (Å²) >= 11 is 0. The molecule has 0 saturated heterocycles. The molecule has 8 heteroatoms. The lowest BCUT2D eigenvalue weighted by Gasteiger charge is -2.26. The lowest BCUT2D eigenvalue weighted by Crippen LogP contribution is -2.46. The van der Waals surface area contributed by atoms with E-state index in [1.54, 1.807) is 16.6 Å². The molecule has 0 fully saturated rings. The molecule has 2 amide bonds. The van der Waals surface area contributed by atoms with Crippen LogP contribution in [0.1, 0.15) is 24.3 Å². The van der Waals surface area contributed by atoms with Crippen molar-refractivity contribution in [3.63, 3.8) is 0 Å². The summed E-state index contributed by atoms with van der Waals surface area (Å²) in [6, 6.07) is -0.0902. The average molecular weight is 298 g/mol. The molecule has 21 heavy (non-hydrogen) atoms. The first kappa shape index (κ1) is 17.0. The molecule has 0 atom stereocenters. The molecular formula is C13H22N4O4. The number of aromatic nitrogens is 2. The number of nitrogens with one attached hydrogen (secondary N) is 1. The largest absolute Gasteiger partial charge is 0.476 e. The van der Waals surface area contributed by atoms with Gasteiger partial charge in [-0.05, 0) is 13.8 Å². The van der Waals surface area contributed by atoms with Gasteiger partial charge in [-0.25, -0.2) is 14.6 Å². The zero-order valence-corrected chi connectivity index (χ0v) is 12.6. The van der Waals surface area contributed by atoms with Crippen LogP contribution < -0.4 is 5.32 Å². The van der Waals surface area contributed by atoms with E-state index in [0.29, 0.717) is 26.2 Å². The Kier molecular flexibility index (Phi) is 6.67. The minimum Gasteiger partial charge on any atom is -0.476 e.